The Morgan fingerprint density at radius 3 is 2.88 bits per heavy atom. The van der Waals surface area contributed by atoms with E-state index >= 15 is 0 Å². The molecule has 2 aliphatic heterocycles. The third-order valence-corrected chi connectivity index (χ3v) is 5.74. The molecule has 0 spiro atoms. The maximum Gasteiger partial charge on any atom is 0.241 e. The van der Waals surface area contributed by atoms with Crippen LogP contribution in [-0.2, 0) is 4.79 Å². The first-order chi connectivity index (χ1) is 11.7. The molecular weight excluding hydrogens is 362 g/mol. The molecule has 0 saturated carbocycles. The van der Waals surface area contributed by atoms with Gasteiger partial charge in [-0.2, -0.15) is 5.26 Å². The summed E-state index contributed by atoms with van der Waals surface area (Å²) in [5, 5.41) is 12.5. The number of nitriles is 1. The maximum absolute atomic E-state index is 12.7. The minimum absolute atomic E-state index is 0. The molecule has 3 rings (SSSR count). The molecule has 2 saturated heterocycles. The Kier molecular flexibility index (Phi) is 6.82. The second-order valence-corrected chi connectivity index (χ2v) is 7.00. The quantitative estimate of drug-likeness (QED) is 0.860. The third kappa shape index (κ3) is 3.97. The molecule has 1 N–H and O–H groups in total. The van der Waals surface area contributed by atoms with Crippen LogP contribution in [0, 0.1) is 11.3 Å². The first-order valence-corrected chi connectivity index (χ1v) is 9.02. The normalized spacial score (nSPS) is 25.2. The van der Waals surface area contributed by atoms with Crippen molar-refractivity contribution in [3.05, 3.63) is 23.8 Å². The number of hydrogen-bond acceptors (Lipinski definition) is 6. The number of amides is 1. The van der Waals surface area contributed by atoms with Crippen molar-refractivity contribution in [2.45, 2.75) is 30.3 Å². The largest absolute Gasteiger partial charge is 0.497 e. The molecule has 2 aliphatic rings. The lowest BCUT2D eigenvalue weighted by Crippen LogP contribution is -2.46. The molecule has 0 aromatic heterocycles. The molecule has 8 heteroatoms. The number of halogens is 1. The van der Waals surface area contributed by atoms with Crippen LogP contribution in [0.15, 0.2) is 18.2 Å². The summed E-state index contributed by atoms with van der Waals surface area (Å²) in [6, 6.07) is 7.38. The number of methoxy groups -OCH3 is 2. The van der Waals surface area contributed by atoms with Crippen molar-refractivity contribution in [2.75, 3.05) is 26.5 Å². The molecule has 0 bridgehead atoms. The molecule has 0 aliphatic carbocycles. The van der Waals surface area contributed by atoms with Crippen LogP contribution >= 0.6 is 24.2 Å². The smallest absolute Gasteiger partial charge is 0.241 e. The van der Waals surface area contributed by atoms with E-state index in [2.05, 4.69) is 11.4 Å². The Labute approximate surface area is 158 Å². The number of carbonyl (C=O) groups is 1. The molecule has 0 radical (unpaired) electrons. The lowest BCUT2D eigenvalue weighted by atomic mass is 10.1. The molecule has 136 valence electrons. The first kappa shape index (κ1) is 19.7. The predicted octanol–water partition coefficient (Wildman–Crippen LogP) is 2.34. The van der Waals surface area contributed by atoms with Crippen LogP contribution in [-0.4, -0.2) is 49.4 Å². The summed E-state index contributed by atoms with van der Waals surface area (Å²) in [7, 11) is 3.25. The highest BCUT2D eigenvalue weighted by Crippen LogP contribution is 2.39. The fraction of sp³-hybridized carbons (Fsp3) is 0.529. The van der Waals surface area contributed by atoms with Gasteiger partial charge in [-0.05, 0) is 25.0 Å². The average Bonchev–Trinajstić information content (AvgIpc) is 3.29. The summed E-state index contributed by atoms with van der Waals surface area (Å²) in [5.74, 6) is 2.19. The fourth-order valence-corrected chi connectivity index (χ4v) is 4.45. The number of likely N-dealkylation sites (tertiary alicyclic amines) is 1. The molecule has 1 aromatic rings. The van der Waals surface area contributed by atoms with E-state index < -0.39 is 0 Å². The van der Waals surface area contributed by atoms with Crippen molar-refractivity contribution in [2.24, 2.45) is 0 Å². The van der Waals surface area contributed by atoms with Gasteiger partial charge in [-0.3, -0.25) is 10.1 Å². The van der Waals surface area contributed by atoms with E-state index in [0.29, 0.717) is 12.3 Å². The van der Waals surface area contributed by atoms with Crippen molar-refractivity contribution in [1.82, 2.24) is 10.2 Å². The van der Waals surface area contributed by atoms with Crippen molar-refractivity contribution in [3.8, 4) is 17.6 Å². The molecular formula is C17H22ClN3O3S. The van der Waals surface area contributed by atoms with Gasteiger partial charge in [0.2, 0.25) is 5.91 Å². The highest BCUT2D eigenvalue weighted by Gasteiger charge is 2.38. The monoisotopic (exact) mass is 383 g/mol. The van der Waals surface area contributed by atoms with Crippen LogP contribution < -0.4 is 14.8 Å². The molecule has 3 atom stereocenters. The summed E-state index contributed by atoms with van der Waals surface area (Å²) in [6.45, 7) is 0.677. The SMILES string of the molecule is COc1ccc(C2N[C@H](C(=O)N3CCC[C@H]3C#N)CS2)c(OC)c1.Cl. The van der Waals surface area contributed by atoms with Crippen molar-refractivity contribution in [1.29, 1.82) is 5.26 Å². The Balaban J connectivity index is 0.00000225. The van der Waals surface area contributed by atoms with Gasteiger partial charge in [-0.15, -0.1) is 24.2 Å². The second-order valence-electron chi connectivity index (χ2n) is 5.86. The number of nitrogens with one attached hydrogen (secondary N) is 1. The molecule has 1 aromatic carbocycles. The van der Waals surface area contributed by atoms with E-state index in [1.54, 1.807) is 30.9 Å². The van der Waals surface area contributed by atoms with E-state index in [-0.39, 0.29) is 35.8 Å². The average molecular weight is 384 g/mol. The minimum atomic E-state index is -0.279. The summed E-state index contributed by atoms with van der Waals surface area (Å²) < 4.78 is 10.7. The van der Waals surface area contributed by atoms with Gasteiger partial charge in [0.1, 0.15) is 17.5 Å². The second kappa shape index (κ2) is 8.65. The number of rotatable bonds is 4. The van der Waals surface area contributed by atoms with Crippen LogP contribution in [0.1, 0.15) is 23.8 Å². The van der Waals surface area contributed by atoms with Gasteiger partial charge in [-0.1, -0.05) is 0 Å². The van der Waals surface area contributed by atoms with Gasteiger partial charge >= 0.3 is 0 Å². The number of nitrogens with zero attached hydrogens (tertiary/aromatic N) is 2. The topological polar surface area (TPSA) is 74.6 Å². The van der Waals surface area contributed by atoms with Gasteiger partial charge in [0, 0.05) is 23.9 Å². The van der Waals surface area contributed by atoms with Gasteiger partial charge in [0.05, 0.1) is 31.7 Å². The number of thioether (sulfide) groups is 1. The third-order valence-electron chi connectivity index (χ3n) is 4.49. The Morgan fingerprint density at radius 2 is 2.20 bits per heavy atom. The molecule has 1 unspecified atom stereocenters. The Hall–Kier alpha value is -1.62. The van der Waals surface area contributed by atoms with Crippen LogP contribution in [0.5, 0.6) is 11.5 Å². The summed E-state index contributed by atoms with van der Waals surface area (Å²) >= 11 is 1.68. The zero-order valence-corrected chi connectivity index (χ0v) is 15.9. The highest BCUT2D eigenvalue weighted by atomic mass is 35.5. The standard InChI is InChI=1S/C17H21N3O3S.ClH/c1-22-12-5-6-13(15(8-12)23-2)16-19-14(10-24-16)17(21)20-7-3-4-11(20)9-18;/h5-6,8,11,14,16,19H,3-4,7,10H2,1-2H3;1H/t11-,14-,16?;/m0./s1. The summed E-state index contributed by atoms with van der Waals surface area (Å²) in [4.78, 5) is 14.4. The van der Waals surface area contributed by atoms with E-state index in [1.807, 2.05) is 18.2 Å². The first-order valence-electron chi connectivity index (χ1n) is 7.97. The summed E-state index contributed by atoms with van der Waals surface area (Å²) in [5.41, 5.74) is 0.997. The molecule has 25 heavy (non-hydrogen) atoms. The van der Waals surface area contributed by atoms with Gasteiger partial charge in [-0.25, -0.2) is 0 Å². The fourth-order valence-electron chi connectivity index (χ4n) is 3.19. The number of ether oxygens (including phenoxy) is 2. The maximum atomic E-state index is 12.7. The number of hydrogen-bond donors (Lipinski definition) is 1. The van der Waals surface area contributed by atoms with Crippen LogP contribution in [0.4, 0.5) is 0 Å². The molecule has 1 amide bonds. The van der Waals surface area contributed by atoms with E-state index in [4.69, 9.17) is 9.47 Å². The van der Waals surface area contributed by atoms with E-state index in [9.17, 15) is 10.1 Å². The molecule has 2 heterocycles. The molecule has 6 nitrogen and oxygen atoms in total. The van der Waals surface area contributed by atoms with Crippen molar-refractivity contribution >= 4 is 30.1 Å². The minimum Gasteiger partial charge on any atom is -0.497 e. The van der Waals surface area contributed by atoms with Crippen LogP contribution in [0.2, 0.25) is 0 Å². The lowest BCUT2D eigenvalue weighted by molar-refractivity contribution is -0.132. The Morgan fingerprint density at radius 1 is 1.40 bits per heavy atom. The predicted molar refractivity (Wildman–Crippen MR) is 99.3 cm³/mol. The van der Waals surface area contributed by atoms with Crippen molar-refractivity contribution < 1.29 is 14.3 Å². The van der Waals surface area contributed by atoms with Gasteiger partial charge in [0.15, 0.2) is 0 Å². The van der Waals surface area contributed by atoms with E-state index in [1.165, 1.54) is 0 Å². The van der Waals surface area contributed by atoms with Gasteiger partial charge in [0.25, 0.3) is 0 Å². The summed E-state index contributed by atoms with van der Waals surface area (Å²) in [6.07, 6.45) is 1.68. The lowest BCUT2D eigenvalue weighted by Gasteiger charge is -2.23. The highest BCUT2D eigenvalue weighted by molar-refractivity contribution is 7.99. The number of benzene rings is 1. The van der Waals surface area contributed by atoms with E-state index in [0.717, 1.165) is 29.9 Å². The van der Waals surface area contributed by atoms with Crippen LogP contribution in [0.25, 0.3) is 0 Å². The Bertz CT molecular complexity index is 667. The zero-order chi connectivity index (χ0) is 17.1. The van der Waals surface area contributed by atoms with Crippen molar-refractivity contribution in [3.63, 3.8) is 0 Å². The molecule has 2 fully saturated rings. The van der Waals surface area contributed by atoms with Gasteiger partial charge < -0.3 is 14.4 Å². The van der Waals surface area contributed by atoms with Crippen LogP contribution in [0.3, 0.4) is 0 Å². The number of carbonyl (C=O) groups excluding carboxylic acids is 1. The zero-order valence-electron chi connectivity index (χ0n) is 14.2.